The SMILES string of the molecule is c1ccc(-c2ccc(N(c3ccccc3)c3ccc4c5ccccc5n(-c5ccccc5-c5ccccc5)c4c3)cc2-c2cccc3c2sc2ccccc23)cc1. The Hall–Kier alpha value is -7.20. The van der Waals surface area contributed by atoms with E-state index in [4.69, 9.17) is 0 Å². The molecular formula is C54H36N2S. The van der Waals surface area contributed by atoms with Crippen molar-refractivity contribution in [2.24, 2.45) is 0 Å². The number of rotatable bonds is 7. The molecule has 0 saturated carbocycles. The predicted octanol–water partition coefficient (Wildman–Crippen LogP) is 15.6. The summed E-state index contributed by atoms with van der Waals surface area (Å²) in [4.78, 5) is 2.41. The molecule has 0 aliphatic carbocycles. The molecule has 0 aliphatic heterocycles. The van der Waals surface area contributed by atoms with E-state index in [1.165, 1.54) is 69.8 Å². The van der Waals surface area contributed by atoms with Crippen molar-refractivity contribution in [2.45, 2.75) is 0 Å². The van der Waals surface area contributed by atoms with E-state index in [1.807, 2.05) is 11.3 Å². The lowest BCUT2D eigenvalue weighted by molar-refractivity contribution is 1.18. The number of para-hydroxylation sites is 3. The van der Waals surface area contributed by atoms with Gasteiger partial charge in [0.05, 0.1) is 16.7 Å². The summed E-state index contributed by atoms with van der Waals surface area (Å²) in [7, 11) is 0. The molecule has 0 amide bonds. The first-order chi connectivity index (χ1) is 28.3. The summed E-state index contributed by atoms with van der Waals surface area (Å²) in [5.74, 6) is 0. The maximum atomic E-state index is 2.45. The summed E-state index contributed by atoms with van der Waals surface area (Å²) in [6, 6.07) is 79.4. The van der Waals surface area contributed by atoms with Crippen LogP contribution in [-0.4, -0.2) is 4.57 Å². The topological polar surface area (TPSA) is 8.17 Å². The van der Waals surface area contributed by atoms with E-state index < -0.39 is 0 Å². The molecule has 268 valence electrons. The van der Waals surface area contributed by atoms with Gasteiger partial charge in [-0.1, -0.05) is 164 Å². The first-order valence-electron chi connectivity index (χ1n) is 19.4. The zero-order valence-corrected chi connectivity index (χ0v) is 31.9. The van der Waals surface area contributed by atoms with Gasteiger partial charge >= 0.3 is 0 Å². The minimum absolute atomic E-state index is 1.09. The fourth-order valence-electron chi connectivity index (χ4n) is 8.64. The van der Waals surface area contributed by atoms with Crippen molar-refractivity contribution in [3.63, 3.8) is 0 Å². The monoisotopic (exact) mass is 744 g/mol. The van der Waals surface area contributed by atoms with Gasteiger partial charge < -0.3 is 9.47 Å². The number of anilines is 3. The van der Waals surface area contributed by atoms with Crippen LogP contribution >= 0.6 is 11.3 Å². The van der Waals surface area contributed by atoms with Crippen molar-refractivity contribution in [1.82, 2.24) is 4.57 Å². The molecule has 57 heavy (non-hydrogen) atoms. The first kappa shape index (κ1) is 33.2. The van der Waals surface area contributed by atoms with Crippen molar-refractivity contribution < 1.29 is 0 Å². The Labute approximate surface area is 335 Å². The molecule has 0 saturated heterocycles. The zero-order valence-electron chi connectivity index (χ0n) is 31.1. The molecule has 11 rings (SSSR count). The number of aromatic nitrogens is 1. The van der Waals surface area contributed by atoms with Gasteiger partial charge in [-0.25, -0.2) is 0 Å². The molecule has 0 unspecified atom stereocenters. The molecule has 2 aromatic heterocycles. The molecule has 0 bridgehead atoms. The van der Waals surface area contributed by atoms with Crippen LogP contribution in [0.25, 0.3) is 81.0 Å². The first-order valence-corrected chi connectivity index (χ1v) is 20.3. The molecule has 0 fully saturated rings. The summed E-state index contributed by atoms with van der Waals surface area (Å²) < 4.78 is 5.06. The van der Waals surface area contributed by atoms with E-state index in [9.17, 15) is 0 Å². The number of thiophene rings is 1. The number of hydrogen-bond donors (Lipinski definition) is 0. The van der Waals surface area contributed by atoms with Crippen molar-refractivity contribution in [3.05, 3.63) is 218 Å². The van der Waals surface area contributed by atoms with Gasteiger partial charge in [0.1, 0.15) is 0 Å². The molecule has 0 spiro atoms. The highest BCUT2D eigenvalue weighted by atomic mass is 32.1. The van der Waals surface area contributed by atoms with Crippen LogP contribution in [0.15, 0.2) is 218 Å². The maximum absolute atomic E-state index is 2.45. The summed E-state index contributed by atoms with van der Waals surface area (Å²) in [6.07, 6.45) is 0. The van der Waals surface area contributed by atoms with Gasteiger partial charge in [-0.2, -0.15) is 0 Å². The standard InChI is InChI=1S/C54H36N2S/c1-4-17-37(18-5-1)42-33-31-40(35-49(42)48-27-16-26-47-46-25-12-15-30-53(46)57-54(47)48)55(39-21-8-3-9-22-39)41-32-34-45-44-24-11-14-29-51(44)56(52(45)36-41)50-28-13-10-23-43(50)38-19-6-2-7-20-38/h1-36H. The lowest BCUT2D eigenvalue weighted by Crippen LogP contribution is -2.10. The second-order valence-electron chi connectivity index (χ2n) is 14.5. The van der Waals surface area contributed by atoms with Gasteiger partial charge in [0.2, 0.25) is 0 Å². The smallest absolute Gasteiger partial charge is 0.0562 e. The fourth-order valence-corrected chi connectivity index (χ4v) is 9.87. The summed E-state index contributed by atoms with van der Waals surface area (Å²) >= 11 is 1.88. The minimum atomic E-state index is 1.09. The van der Waals surface area contributed by atoms with Gasteiger partial charge in [-0.15, -0.1) is 11.3 Å². The van der Waals surface area contributed by atoms with Crippen LogP contribution in [0.1, 0.15) is 0 Å². The highest BCUT2D eigenvalue weighted by Crippen LogP contribution is 2.46. The van der Waals surface area contributed by atoms with Gasteiger partial charge in [0.15, 0.2) is 0 Å². The van der Waals surface area contributed by atoms with Gasteiger partial charge in [0.25, 0.3) is 0 Å². The lowest BCUT2D eigenvalue weighted by Gasteiger charge is -2.27. The minimum Gasteiger partial charge on any atom is -0.310 e. The second-order valence-corrected chi connectivity index (χ2v) is 15.5. The average Bonchev–Trinajstić information content (AvgIpc) is 3.83. The molecule has 3 heteroatoms. The third-order valence-corrected chi connectivity index (χ3v) is 12.4. The summed E-state index contributed by atoms with van der Waals surface area (Å²) in [5.41, 5.74) is 14.1. The van der Waals surface area contributed by atoms with Crippen LogP contribution < -0.4 is 4.90 Å². The highest BCUT2D eigenvalue weighted by molar-refractivity contribution is 7.26. The third-order valence-electron chi connectivity index (χ3n) is 11.2. The van der Waals surface area contributed by atoms with Gasteiger partial charge in [-0.3, -0.25) is 0 Å². The van der Waals surface area contributed by atoms with Crippen LogP contribution in [0.4, 0.5) is 17.1 Å². The van der Waals surface area contributed by atoms with Crippen LogP contribution in [0.3, 0.4) is 0 Å². The lowest BCUT2D eigenvalue weighted by atomic mass is 9.92. The summed E-state index contributed by atoms with van der Waals surface area (Å²) in [6.45, 7) is 0. The number of nitrogens with zero attached hydrogens (tertiary/aromatic N) is 2. The normalized spacial score (nSPS) is 11.5. The Bertz CT molecular complexity index is 3230. The predicted molar refractivity (Wildman–Crippen MR) is 245 cm³/mol. The van der Waals surface area contributed by atoms with E-state index in [-0.39, 0.29) is 0 Å². The van der Waals surface area contributed by atoms with Crippen molar-refractivity contribution in [3.8, 4) is 39.1 Å². The molecule has 2 nitrogen and oxygen atoms in total. The number of hydrogen-bond acceptors (Lipinski definition) is 2. The average molecular weight is 745 g/mol. The molecule has 0 aliphatic rings. The molecule has 9 aromatic carbocycles. The molecule has 0 radical (unpaired) electrons. The molecule has 2 heterocycles. The summed E-state index contributed by atoms with van der Waals surface area (Å²) in [5, 5.41) is 5.06. The van der Waals surface area contributed by atoms with Crippen LogP contribution in [0.2, 0.25) is 0 Å². The number of fused-ring (bicyclic) bond motifs is 6. The van der Waals surface area contributed by atoms with Crippen LogP contribution in [0, 0.1) is 0 Å². The van der Waals surface area contributed by atoms with E-state index >= 15 is 0 Å². The Morgan fingerprint density at radius 2 is 0.912 bits per heavy atom. The van der Waals surface area contributed by atoms with Crippen LogP contribution in [0.5, 0.6) is 0 Å². The second kappa shape index (κ2) is 13.8. The molecule has 0 atom stereocenters. The fraction of sp³-hybridized carbons (Fsp3) is 0. The van der Waals surface area contributed by atoms with Gasteiger partial charge in [-0.05, 0) is 76.9 Å². The van der Waals surface area contributed by atoms with E-state index in [0.717, 1.165) is 28.3 Å². The molecular weight excluding hydrogens is 709 g/mol. The van der Waals surface area contributed by atoms with Crippen molar-refractivity contribution >= 4 is 70.4 Å². The van der Waals surface area contributed by atoms with Crippen molar-refractivity contribution in [2.75, 3.05) is 4.90 Å². The Morgan fingerprint density at radius 3 is 1.72 bits per heavy atom. The number of benzene rings is 9. The molecule has 11 aromatic rings. The largest absolute Gasteiger partial charge is 0.310 e. The van der Waals surface area contributed by atoms with E-state index in [0.29, 0.717) is 0 Å². The van der Waals surface area contributed by atoms with E-state index in [2.05, 4.69) is 228 Å². The quantitative estimate of drug-likeness (QED) is 0.158. The van der Waals surface area contributed by atoms with Crippen LogP contribution in [-0.2, 0) is 0 Å². The highest BCUT2D eigenvalue weighted by Gasteiger charge is 2.21. The van der Waals surface area contributed by atoms with Crippen molar-refractivity contribution in [1.29, 1.82) is 0 Å². The maximum Gasteiger partial charge on any atom is 0.0562 e. The Kier molecular flexibility index (Phi) is 8.04. The van der Waals surface area contributed by atoms with Gasteiger partial charge in [0, 0.05) is 59.1 Å². The molecule has 0 N–H and O–H groups in total. The Balaban J connectivity index is 1.16. The third kappa shape index (κ3) is 5.63. The zero-order chi connectivity index (χ0) is 37.7. The Morgan fingerprint density at radius 1 is 0.333 bits per heavy atom. The van der Waals surface area contributed by atoms with E-state index in [1.54, 1.807) is 0 Å².